The van der Waals surface area contributed by atoms with Crippen molar-refractivity contribution in [2.75, 3.05) is 18.4 Å². The van der Waals surface area contributed by atoms with E-state index in [1.807, 2.05) is 0 Å². The van der Waals surface area contributed by atoms with Gasteiger partial charge in [-0.05, 0) is 70.1 Å². The molecule has 0 unspecified atom stereocenters. The molecule has 2 atom stereocenters. The van der Waals surface area contributed by atoms with Crippen LogP contribution in [0.2, 0.25) is 0 Å². The molecule has 0 aromatic heterocycles. The Morgan fingerprint density at radius 1 is 0.792 bits per heavy atom. The van der Waals surface area contributed by atoms with E-state index >= 15 is 0 Å². The van der Waals surface area contributed by atoms with Crippen molar-refractivity contribution < 1.29 is 43.4 Å². The molecule has 6 amide bonds. The summed E-state index contributed by atoms with van der Waals surface area (Å²) in [6.45, 7) is 9.44. The fraction of sp³-hybridized carbons (Fsp3) is 0.606. The summed E-state index contributed by atoms with van der Waals surface area (Å²) >= 11 is 0. The number of esters is 1. The molecule has 0 spiro atoms. The quantitative estimate of drug-likeness (QED) is 0.0746. The maximum atomic E-state index is 13.3. The van der Waals surface area contributed by atoms with Crippen LogP contribution in [-0.4, -0.2) is 71.9 Å². The monoisotopic (exact) mass is 676 g/mol. The number of aliphatic carboxylic acids is 1. The minimum Gasteiger partial charge on any atom is -0.481 e. The standard InChI is InChI=1S/C33H52N6O9/c1-21(2)28(39-26(41)11-7-6-8-18-35-25(40)16-17-27(42)43)30(45)38-24(10-9-19-36-32(34)47)29(44)37-23-14-12-22(13-15-23)20-48-31(46)33(3,4)5/h12-15,21,24,28H,6-11,16-20H2,1-5H3,(H,35,40)(H,37,44)(H,38,45)(H,39,41)(H,42,43)(H3,34,36,47)/t24-,28-/m0/s1. The molecule has 0 bridgehead atoms. The molecule has 268 valence electrons. The van der Waals surface area contributed by atoms with Crippen LogP contribution >= 0.6 is 0 Å². The minimum absolute atomic E-state index is 0.0760. The second-order valence-electron chi connectivity index (χ2n) is 12.9. The third-order valence-corrected chi connectivity index (χ3v) is 7.04. The van der Waals surface area contributed by atoms with Crippen LogP contribution < -0.4 is 32.3 Å². The molecule has 0 aliphatic rings. The Kier molecular flexibility index (Phi) is 18.3. The zero-order valence-electron chi connectivity index (χ0n) is 28.6. The molecule has 1 rings (SSSR count). The number of anilines is 1. The number of benzene rings is 1. The number of urea groups is 1. The number of carbonyl (C=O) groups is 7. The van der Waals surface area contributed by atoms with Gasteiger partial charge in [0.1, 0.15) is 18.7 Å². The molecule has 1 aromatic carbocycles. The average Bonchev–Trinajstić information content (AvgIpc) is 3.00. The molecular weight excluding hydrogens is 624 g/mol. The molecular formula is C33H52N6O9. The van der Waals surface area contributed by atoms with Gasteiger partial charge in [0.15, 0.2) is 0 Å². The zero-order chi connectivity index (χ0) is 36.3. The fourth-order valence-electron chi connectivity index (χ4n) is 4.23. The Morgan fingerprint density at radius 3 is 2.02 bits per heavy atom. The maximum absolute atomic E-state index is 13.3. The molecule has 1 aromatic rings. The van der Waals surface area contributed by atoms with Gasteiger partial charge in [-0.15, -0.1) is 0 Å². The zero-order valence-corrected chi connectivity index (χ0v) is 28.6. The highest BCUT2D eigenvalue weighted by Crippen LogP contribution is 2.18. The second kappa shape index (κ2) is 21.2. The van der Waals surface area contributed by atoms with Crippen LogP contribution in [0.5, 0.6) is 0 Å². The summed E-state index contributed by atoms with van der Waals surface area (Å²) in [5.41, 5.74) is 5.68. The third-order valence-electron chi connectivity index (χ3n) is 7.04. The molecule has 0 fully saturated rings. The van der Waals surface area contributed by atoms with E-state index in [0.717, 1.165) is 5.56 Å². The summed E-state index contributed by atoms with van der Waals surface area (Å²) in [7, 11) is 0. The molecule has 15 nitrogen and oxygen atoms in total. The molecule has 8 N–H and O–H groups in total. The summed E-state index contributed by atoms with van der Waals surface area (Å²) in [5, 5.41) is 22.0. The lowest BCUT2D eigenvalue weighted by atomic mass is 9.97. The van der Waals surface area contributed by atoms with Crippen LogP contribution in [0.4, 0.5) is 10.5 Å². The number of hydrogen-bond donors (Lipinski definition) is 7. The van der Waals surface area contributed by atoms with Gasteiger partial charge in [0.25, 0.3) is 0 Å². The van der Waals surface area contributed by atoms with Crippen molar-refractivity contribution >= 4 is 47.3 Å². The van der Waals surface area contributed by atoms with E-state index in [-0.39, 0.29) is 62.5 Å². The number of carboxylic acid groups (broad SMARTS) is 1. The maximum Gasteiger partial charge on any atom is 0.312 e. The van der Waals surface area contributed by atoms with Crippen LogP contribution in [0, 0.1) is 11.3 Å². The lowest BCUT2D eigenvalue weighted by Gasteiger charge is -2.25. The Labute approximate surface area is 281 Å². The number of ether oxygens (including phenoxy) is 1. The number of unbranched alkanes of at least 4 members (excludes halogenated alkanes) is 2. The number of primary amides is 1. The van der Waals surface area contributed by atoms with Crippen molar-refractivity contribution in [2.45, 2.75) is 105 Å². The Hall–Kier alpha value is -4.69. The highest BCUT2D eigenvalue weighted by atomic mass is 16.5. The molecule has 0 aliphatic carbocycles. The fourth-order valence-corrected chi connectivity index (χ4v) is 4.23. The van der Waals surface area contributed by atoms with Gasteiger partial charge in [-0.25, -0.2) is 4.79 Å². The molecule has 0 heterocycles. The van der Waals surface area contributed by atoms with E-state index in [0.29, 0.717) is 37.9 Å². The topological polar surface area (TPSA) is 235 Å². The molecule has 48 heavy (non-hydrogen) atoms. The average molecular weight is 677 g/mol. The van der Waals surface area contributed by atoms with E-state index in [1.165, 1.54) is 0 Å². The van der Waals surface area contributed by atoms with E-state index < -0.39 is 41.3 Å². The van der Waals surface area contributed by atoms with Crippen molar-refractivity contribution in [3.63, 3.8) is 0 Å². The number of carbonyl (C=O) groups excluding carboxylic acids is 6. The number of nitrogens with one attached hydrogen (secondary N) is 5. The number of carboxylic acids is 1. The van der Waals surface area contributed by atoms with Crippen LogP contribution in [0.1, 0.15) is 91.5 Å². The highest BCUT2D eigenvalue weighted by Gasteiger charge is 2.29. The SMILES string of the molecule is CC(C)[C@H](NC(=O)CCCCCNC(=O)CCC(=O)O)C(=O)N[C@@H](CCCNC(N)=O)C(=O)Nc1ccc(COC(=O)C(C)(C)C)cc1. The largest absolute Gasteiger partial charge is 0.481 e. The first-order valence-corrected chi connectivity index (χ1v) is 16.2. The molecule has 0 saturated heterocycles. The van der Waals surface area contributed by atoms with Gasteiger partial charge in [-0.1, -0.05) is 32.4 Å². The lowest BCUT2D eigenvalue weighted by molar-refractivity contribution is -0.154. The molecule has 0 radical (unpaired) electrons. The Bertz CT molecular complexity index is 1240. The third kappa shape index (κ3) is 17.9. The van der Waals surface area contributed by atoms with Crippen molar-refractivity contribution in [3.05, 3.63) is 29.8 Å². The first-order valence-electron chi connectivity index (χ1n) is 16.2. The second-order valence-corrected chi connectivity index (χ2v) is 12.9. The van der Waals surface area contributed by atoms with Crippen molar-refractivity contribution in [2.24, 2.45) is 17.1 Å². The summed E-state index contributed by atoms with van der Waals surface area (Å²) in [5.74, 6) is -3.40. The molecule has 15 heteroatoms. The first kappa shape index (κ1) is 41.3. The lowest BCUT2D eigenvalue weighted by Crippen LogP contribution is -2.54. The smallest absolute Gasteiger partial charge is 0.312 e. The summed E-state index contributed by atoms with van der Waals surface area (Å²) < 4.78 is 5.32. The molecule has 0 aliphatic heterocycles. The van der Waals surface area contributed by atoms with Crippen molar-refractivity contribution in [1.82, 2.24) is 21.3 Å². The van der Waals surface area contributed by atoms with Gasteiger partial charge >= 0.3 is 18.0 Å². The predicted molar refractivity (Wildman–Crippen MR) is 178 cm³/mol. The van der Waals surface area contributed by atoms with Crippen LogP contribution in [-0.2, 0) is 40.1 Å². The van der Waals surface area contributed by atoms with E-state index in [1.54, 1.807) is 58.9 Å². The van der Waals surface area contributed by atoms with E-state index in [4.69, 9.17) is 15.6 Å². The van der Waals surface area contributed by atoms with Crippen LogP contribution in [0.25, 0.3) is 0 Å². The van der Waals surface area contributed by atoms with E-state index in [2.05, 4.69) is 26.6 Å². The Balaban J connectivity index is 2.74. The number of nitrogens with two attached hydrogens (primary N) is 1. The highest BCUT2D eigenvalue weighted by molar-refractivity contribution is 5.98. The molecule has 0 saturated carbocycles. The van der Waals surface area contributed by atoms with Gasteiger partial charge < -0.3 is 42.2 Å². The Morgan fingerprint density at radius 2 is 1.44 bits per heavy atom. The van der Waals surface area contributed by atoms with E-state index in [9.17, 15) is 33.6 Å². The normalized spacial score (nSPS) is 12.3. The van der Waals surface area contributed by atoms with Crippen molar-refractivity contribution in [3.8, 4) is 0 Å². The van der Waals surface area contributed by atoms with Gasteiger partial charge in [-0.3, -0.25) is 28.8 Å². The van der Waals surface area contributed by atoms with Crippen LogP contribution in [0.15, 0.2) is 24.3 Å². The minimum atomic E-state index is -1.04. The predicted octanol–water partition coefficient (Wildman–Crippen LogP) is 2.33. The van der Waals surface area contributed by atoms with Gasteiger partial charge in [0.05, 0.1) is 11.8 Å². The van der Waals surface area contributed by atoms with Crippen LogP contribution in [0.3, 0.4) is 0 Å². The van der Waals surface area contributed by atoms with Crippen molar-refractivity contribution in [1.29, 1.82) is 0 Å². The number of rotatable bonds is 21. The summed E-state index contributed by atoms with van der Waals surface area (Å²) in [4.78, 5) is 84.6. The van der Waals surface area contributed by atoms with Gasteiger partial charge in [-0.2, -0.15) is 0 Å². The van der Waals surface area contributed by atoms with Gasteiger partial charge in [0, 0.05) is 31.6 Å². The first-order chi connectivity index (χ1) is 22.5. The summed E-state index contributed by atoms with van der Waals surface area (Å²) in [6, 6.07) is 4.09. The summed E-state index contributed by atoms with van der Waals surface area (Å²) in [6.07, 6.45) is 2.08. The van der Waals surface area contributed by atoms with Gasteiger partial charge in [0.2, 0.25) is 23.6 Å². The number of amides is 6. The number of hydrogen-bond acceptors (Lipinski definition) is 8.